The minimum atomic E-state index is 0.00680. The Balaban J connectivity index is 1.07. The molecule has 3 heterocycles. The highest BCUT2D eigenvalue weighted by atomic mass is 16.3. The second-order valence-corrected chi connectivity index (χ2v) is 17.8. The van der Waals surface area contributed by atoms with E-state index in [9.17, 15) is 0 Å². The minimum absolute atomic E-state index is 0.00680. The Morgan fingerprint density at radius 2 is 1.01 bits per heavy atom. The molecule has 1 aliphatic rings. The van der Waals surface area contributed by atoms with Crippen molar-refractivity contribution in [2.24, 2.45) is 15.9 Å². The zero-order valence-electron chi connectivity index (χ0n) is 36.9. The number of para-hydroxylation sites is 1. The fraction of sp³-hybridized carbons (Fsp3) is 0.0476. The molecule has 0 aliphatic carbocycles. The molecule has 10 aromatic carbocycles. The highest BCUT2D eigenvalue weighted by Gasteiger charge is 2.25. The van der Waals surface area contributed by atoms with E-state index < -0.39 is 0 Å². The normalized spacial score (nSPS) is 15.2. The van der Waals surface area contributed by atoms with E-state index in [0.29, 0.717) is 5.84 Å². The summed E-state index contributed by atoms with van der Waals surface area (Å²) < 4.78 is 9.41. The van der Waals surface area contributed by atoms with Crippen molar-refractivity contribution in [2.45, 2.75) is 13.3 Å². The largest absolute Gasteiger partial charge is 0.456 e. The van der Waals surface area contributed by atoms with Gasteiger partial charge < -0.3 is 8.98 Å². The fourth-order valence-corrected chi connectivity index (χ4v) is 10.2. The summed E-state index contributed by atoms with van der Waals surface area (Å²) in [5.41, 5.74) is 14.5. The maximum absolute atomic E-state index is 7.00. The van der Waals surface area contributed by atoms with Crippen LogP contribution in [0.3, 0.4) is 0 Å². The highest BCUT2D eigenvalue weighted by Crippen LogP contribution is 2.41. The van der Waals surface area contributed by atoms with E-state index in [2.05, 4.69) is 236 Å². The summed E-state index contributed by atoms with van der Waals surface area (Å²) >= 11 is 0. The van der Waals surface area contributed by atoms with Crippen LogP contribution in [0.2, 0.25) is 0 Å². The molecule has 0 spiro atoms. The zero-order chi connectivity index (χ0) is 44.4. The number of aliphatic imine (C=N–C) groups is 2. The van der Waals surface area contributed by atoms with Gasteiger partial charge in [0.1, 0.15) is 11.2 Å². The highest BCUT2D eigenvalue weighted by molar-refractivity contribution is 6.25. The van der Waals surface area contributed by atoms with Crippen LogP contribution < -0.4 is 0 Å². The average Bonchev–Trinajstić information content (AvgIpc) is 3.91. The monoisotopic (exact) mass is 857 g/mol. The number of fused-ring (bicyclic) bond motifs is 8. The summed E-state index contributed by atoms with van der Waals surface area (Å²) in [6.45, 7) is 2.30. The van der Waals surface area contributed by atoms with Gasteiger partial charge in [-0.1, -0.05) is 183 Å². The lowest BCUT2D eigenvalue weighted by Crippen LogP contribution is -2.18. The molecule has 2 aromatic heterocycles. The standard InChI is InChI=1S/C63H43N3O/c1-40-27-32-56(44-30-28-43(29-31-44)41-15-4-2-5-16-41)64-63(50-24-14-23-45(33-50)42-17-6-3-7-18-42)65-62(40)55-38-51(39-60-61(55)54-35-47-20-9-11-22-49(47)37-59(54)67-60)66-57-26-13-12-25-52(57)53-34-46-19-8-10-21-48(46)36-58(53)66/h2-26,28-40H,27H2,1H3/b56-32+,64-63?,65-62?/t40-/m1/s1. The SMILES string of the molecule is C[C@@H]1C/C=C(\c2ccc(-c3ccccc3)cc2)N=C(c2cccc(-c3ccccc3)c2)N=C1c1cc(-n2c3ccccc3c3cc4ccccc4cc32)cc2oc3cc4ccccc4cc3c12. The maximum atomic E-state index is 7.00. The summed E-state index contributed by atoms with van der Waals surface area (Å²) in [5, 5.41) is 9.28. The molecule has 4 heteroatoms. The van der Waals surface area contributed by atoms with Crippen molar-refractivity contribution in [1.82, 2.24) is 4.57 Å². The van der Waals surface area contributed by atoms with E-state index in [1.54, 1.807) is 0 Å². The van der Waals surface area contributed by atoms with Crippen LogP contribution in [0.5, 0.6) is 0 Å². The molecule has 12 aromatic rings. The molecular formula is C63H43N3O. The lowest BCUT2D eigenvalue weighted by molar-refractivity contribution is 0.669. The van der Waals surface area contributed by atoms with Crippen molar-refractivity contribution in [3.8, 4) is 27.9 Å². The van der Waals surface area contributed by atoms with Crippen LogP contribution >= 0.6 is 0 Å². The number of allylic oxidation sites excluding steroid dienone is 1. The first-order valence-corrected chi connectivity index (χ1v) is 23.1. The van der Waals surface area contributed by atoms with Crippen molar-refractivity contribution < 1.29 is 4.42 Å². The summed E-state index contributed by atoms with van der Waals surface area (Å²) in [5.74, 6) is 0.671. The van der Waals surface area contributed by atoms with Crippen LogP contribution in [-0.2, 0) is 0 Å². The van der Waals surface area contributed by atoms with Gasteiger partial charge >= 0.3 is 0 Å². The van der Waals surface area contributed by atoms with Gasteiger partial charge in [0, 0.05) is 44.7 Å². The number of rotatable bonds is 6. The predicted molar refractivity (Wildman–Crippen MR) is 282 cm³/mol. The van der Waals surface area contributed by atoms with Crippen molar-refractivity contribution >= 4 is 82.5 Å². The summed E-state index contributed by atoms with van der Waals surface area (Å²) in [6, 6.07) is 78.1. The summed E-state index contributed by atoms with van der Waals surface area (Å²) in [7, 11) is 0. The van der Waals surface area contributed by atoms with Crippen molar-refractivity contribution in [1.29, 1.82) is 0 Å². The summed E-state index contributed by atoms with van der Waals surface area (Å²) in [4.78, 5) is 11.3. The van der Waals surface area contributed by atoms with Gasteiger partial charge in [-0.05, 0) is 98.2 Å². The molecule has 0 saturated carbocycles. The number of hydrogen-bond acceptors (Lipinski definition) is 3. The van der Waals surface area contributed by atoms with E-state index in [0.717, 1.165) is 89.7 Å². The lowest BCUT2D eigenvalue weighted by Gasteiger charge is -2.20. The third-order valence-electron chi connectivity index (χ3n) is 13.6. The van der Waals surface area contributed by atoms with Gasteiger partial charge in [-0.15, -0.1) is 0 Å². The Kier molecular flexibility index (Phi) is 9.17. The van der Waals surface area contributed by atoms with Gasteiger partial charge in [0.05, 0.1) is 28.1 Å². The van der Waals surface area contributed by atoms with Gasteiger partial charge in [0.2, 0.25) is 0 Å². The minimum Gasteiger partial charge on any atom is -0.456 e. The predicted octanol–water partition coefficient (Wildman–Crippen LogP) is 16.6. The Bertz CT molecular complexity index is 4000. The molecule has 1 aliphatic heterocycles. The van der Waals surface area contributed by atoms with Gasteiger partial charge in [-0.3, -0.25) is 0 Å². The average molecular weight is 858 g/mol. The maximum Gasteiger partial charge on any atom is 0.160 e. The third-order valence-corrected chi connectivity index (χ3v) is 13.6. The molecule has 0 fully saturated rings. The molecule has 4 nitrogen and oxygen atoms in total. The number of hydrogen-bond donors (Lipinski definition) is 0. The van der Waals surface area contributed by atoms with Gasteiger partial charge in [-0.25, -0.2) is 9.98 Å². The first-order valence-electron chi connectivity index (χ1n) is 23.1. The number of nitrogens with zero attached hydrogens (tertiary/aromatic N) is 3. The van der Waals surface area contributed by atoms with Crippen LogP contribution in [0.15, 0.2) is 239 Å². The fourth-order valence-electron chi connectivity index (χ4n) is 10.2. The van der Waals surface area contributed by atoms with Crippen molar-refractivity contribution in [3.63, 3.8) is 0 Å². The topological polar surface area (TPSA) is 42.8 Å². The Hall–Kier alpha value is -8.60. The second-order valence-electron chi connectivity index (χ2n) is 17.8. The Morgan fingerprint density at radius 3 is 1.76 bits per heavy atom. The number of furan rings is 1. The molecule has 0 saturated heterocycles. The molecule has 316 valence electrons. The van der Waals surface area contributed by atoms with Crippen LogP contribution in [0.1, 0.15) is 30.0 Å². The number of amidine groups is 1. The zero-order valence-corrected chi connectivity index (χ0v) is 36.9. The van der Waals surface area contributed by atoms with E-state index >= 15 is 0 Å². The first kappa shape index (κ1) is 38.8. The number of benzene rings is 10. The first-order chi connectivity index (χ1) is 33.1. The van der Waals surface area contributed by atoms with E-state index in [1.165, 1.54) is 38.1 Å². The smallest absolute Gasteiger partial charge is 0.160 e. The Labute approximate surface area is 388 Å². The van der Waals surface area contributed by atoms with E-state index in [-0.39, 0.29) is 5.92 Å². The van der Waals surface area contributed by atoms with Gasteiger partial charge in [0.15, 0.2) is 5.84 Å². The molecule has 0 radical (unpaired) electrons. The third kappa shape index (κ3) is 6.76. The van der Waals surface area contributed by atoms with Gasteiger partial charge in [-0.2, -0.15) is 0 Å². The van der Waals surface area contributed by atoms with Crippen LogP contribution in [0, 0.1) is 5.92 Å². The molecule has 67 heavy (non-hydrogen) atoms. The Morgan fingerprint density at radius 1 is 0.433 bits per heavy atom. The molecule has 13 rings (SSSR count). The van der Waals surface area contributed by atoms with Gasteiger partial charge in [0.25, 0.3) is 0 Å². The molecule has 0 N–H and O–H groups in total. The molecular weight excluding hydrogens is 815 g/mol. The van der Waals surface area contributed by atoms with Crippen molar-refractivity contribution in [3.05, 3.63) is 241 Å². The van der Waals surface area contributed by atoms with E-state index in [1.807, 2.05) is 0 Å². The lowest BCUT2D eigenvalue weighted by atomic mass is 9.90. The molecule has 1 atom stereocenters. The van der Waals surface area contributed by atoms with Crippen molar-refractivity contribution in [2.75, 3.05) is 0 Å². The van der Waals surface area contributed by atoms with Crippen LogP contribution in [0.4, 0.5) is 0 Å². The molecule has 0 unspecified atom stereocenters. The summed E-state index contributed by atoms with van der Waals surface area (Å²) in [6.07, 6.45) is 3.04. The second kappa shape index (κ2) is 15.8. The van der Waals surface area contributed by atoms with Crippen LogP contribution in [-0.4, -0.2) is 16.1 Å². The van der Waals surface area contributed by atoms with E-state index in [4.69, 9.17) is 14.4 Å². The molecule has 0 bridgehead atoms. The molecule has 0 amide bonds. The van der Waals surface area contributed by atoms with Crippen LogP contribution in [0.25, 0.3) is 98.9 Å². The quantitative estimate of drug-likeness (QED) is 0.164. The number of aromatic nitrogens is 1.